The maximum absolute atomic E-state index is 11.6. The number of hydrogen-bond donors (Lipinski definition) is 2. The molecule has 1 aliphatic rings. The Balaban J connectivity index is 0.00000144. The summed E-state index contributed by atoms with van der Waals surface area (Å²) < 4.78 is 3.65. The molecule has 1 saturated carbocycles. The summed E-state index contributed by atoms with van der Waals surface area (Å²) in [4.78, 5) is 11.6. The summed E-state index contributed by atoms with van der Waals surface area (Å²) in [5, 5.41) is 8.19. The van der Waals surface area contributed by atoms with Crippen LogP contribution in [0.3, 0.4) is 0 Å². The van der Waals surface area contributed by atoms with E-state index in [1.807, 2.05) is 0 Å². The van der Waals surface area contributed by atoms with Gasteiger partial charge in [0.15, 0.2) is 5.69 Å². The SMILES string of the molecule is Cl.NC1(CNC(=O)c2csnn2)CCCCC1. The zero-order valence-electron chi connectivity index (χ0n) is 9.52. The van der Waals surface area contributed by atoms with Crippen LogP contribution in [0, 0.1) is 0 Å². The van der Waals surface area contributed by atoms with E-state index in [1.165, 1.54) is 18.0 Å². The lowest BCUT2D eigenvalue weighted by Crippen LogP contribution is -2.51. The fourth-order valence-electron chi connectivity index (χ4n) is 2.04. The van der Waals surface area contributed by atoms with Crippen LogP contribution in [-0.2, 0) is 0 Å². The molecule has 5 nitrogen and oxygen atoms in total. The lowest BCUT2D eigenvalue weighted by molar-refractivity contribution is 0.0932. The molecule has 1 amide bonds. The van der Waals surface area contributed by atoms with E-state index in [9.17, 15) is 4.79 Å². The van der Waals surface area contributed by atoms with Crippen LogP contribution in [0.2, 0.25) is 0 Å². The van der Waals surface area contributed by atoms with E-state index in [1.54, 1.807) is 5.38 Å². The molecule has 0 saturated heterocycles. The Morgan fingerprint density at radius 3 is 2.76 bits per heavy atom. The van der Waals surface area contributed by atoms with Gasteiger partial charge in [-0.05, 0) is 24.4 Å². The van der Waals surface area contributed by atoms with E-state index < -0.39 is 0 Å². The maximum Gasteiger partial charge on any atom is 0.272 e. The Hall–Kier alpha value is -0.720. The Morgan fingerprint density at radius 2 is 2.18 bits per heavy atom. The van der Waals surface area contributed by atoms with E-state index >= 15 is 0 Å². The molecule has 7 heteroatoms. The fourth-order valence-corrected chi connectivity index (χ4v) is 2.48. The summed E-state index contributed by atoms with van der Waals surface area (Å²) in [6.07, 6.45) is 5.54. The predicted octanol–water partition coefficient (Wildman–Crippen LogP) is 1.35. The van der Waals surface area contributed by atoms with Gasteiger partial charge in [0.1, 0.15) is 0 Å². The van der Waals surface area contributed by atoms with E-state index in [4.69, 9.17) is 5.73 Å². The number of rotatable bonds is 3. The third kappa shape index (κ3) is 3.90. The molecule has 0 radical (unpaired) electrons. The third-order valence-corrected chi connectivity index (χ3v) is 3.55. The number of halogens is 1. The standard InChI is InChI=1S/C10H16N4OS.ClH/c11-10(4-2-1-3-5-10)7-12-9(15)8-6-16-14-13-8;/h6H,1-5,7,11H2,(H,12,15);1H. The highest BCUT2D eigenvalue weighted by Gasteiger charge is 2.28. The van der Waals surface area contributed by atoms with Crippen LogP contribution < -0.4 is 11.1 Å². The molecule has 0 unspecified atom stereocenters. The summed E-state index contributed by atoms with van der Waals surface area (Å²) in [5.74, 6) is -0.177. The Labute approximate surface area is 111 Å². The van der Waals surface area contributed by atoms with E-state index in [0.29, 0.717) is 12.2 Å². The molecule has 1 heterocycles. The van der Waals surface area contributed by atoms with Crippen LogP contribution in [0.4, 0.5) is 0 Å². The first kappa shape index (κ1) is 14.3. The van der Waals surface area contributed by atoms with Crippen molar-refractivity contribution in [3.05, 3.63) is 11.1 Å². The van der Waals surface area contributed by atoms with Crippen molar-refractivity contribution in [2.24, 2.45) is 5.73 Å². The first-order chi connectivity index (χ1) is 7.70. The number of nitrogens with two attached hydrogens (primary N) is 1. The molecular weight excluding hydrogens is 260 g/mol. The van der Waals surface area contributed by atoms with Crippen LogP contribution in [0.25, 0.3) is 0 Å². The Morgan fingerprint density at radius 1 is 1.47 bits per heavy atom. The minimum absolute atomic E-state index is 0. The number of nitrogens with zero attached hydrogens (tertiary/aromatic N) is 2. The molecule has 1 fully saturated rings. The molecule has 0 aliphatic heterocycles. The number of aromatic nitrogens is 2. The van der Waals surface area contributed by atoms with E-state index in [2.05, 4.69) is 14.9 Å². The second-order valence-corrected chi connectivity index (χ2v) is 5.01. The van der Waals surface area contributed by atoms with Crippen molar-refractivity contribution in [3.63, 3.8) is 0 Å². The normalized spacial score (nSPS) is 18.2. The van der Waals surface area contributed by atoms with Gasteiger partial charge in [0.2, 0.25) is 0 Å². The number of nitrogens with one attached hydrogen (secondary N) is 1. The fraction of sp³-hybridized carbons (Fsp3) is 0.700. The minimum Gasteiger partial charge on any atom is -0.349 e. The van der Waals surface area contributed by atoms with Gasteiger partial charge in [0, 0.05) is 17.5 Å². The highest BCUT2D eigenvalue weighted by Crippen LogP contribution is 2.25. The molecule has 1 aromatic heterocycles. The summed E-state index contributed by atoms with van der Waals surface area (Å²) >= 11 is 1.18. The number of carbonyl (C=O) groups excluding carboxylic acids is 1. The maximum atomic E-state index is 11.6. The first-order valence-electron chi connectivity index (χ1n) is 5.54. The molecule has 17 heavy (non-hydrogen) atoms. The van der Waals surface area contributed by atoms with Gasteiger partial charge in [-0.25, -0.2) is 0 Å². The van der Waals surface area contributed by atoms with Crippen molar-refractivity contribution in [2.75, 3.05) is 6.54 Å². The second kappa shape index (κ2) is 6.28. The van der Waals surface area contributed by atoms with Gasteiger partial charge in [0.25, 0.3) is 5.91 Å². The van der Waals surface area contributed by atoms with Crippen molar-refractivity contribution in [1.29, 1.82) is 0 Å². The van der Waals surface area contributed by atoms with Crippen molar-refractivity contribution >= 4 is 29.8 Å². The summed E-state index contributed by atoms with van der Waals surface area (Å²) in [6.45, 7) is 0.531. The minimum atomic E-state index is -0.225. The van der Waals surface area contributed by atoms with Gasteiger partial charge in [-0.1, -0.05) is 23.8 Å². The molecule has 0 aromatic carbocycles. The molecule has 0 atom stereocenters. The van der Waals surface area contributed by atoms with Gasteiger partial charge in [-0.2, -0.15) is 0 Å². The zero-order valence-corrected chi connectivity index (χ0v) is 11.1. The van der Waals surface area contributed by atoms with Crippen LogP contribution in [0.15, 0.2) is 5.38 Å². The highest BCUT2D eigenvalue weighted by molar-refractivity contribution is 7.03. The Bertz CT molecular complexity index is 351. The second-order valence-electron chi connectivity index (χ2n) is 4.40. The van der Waals surface area contributed by atoms with E-state index in [-0.39, 0.29) is 23.9 Å². The number of hydrogen-bond acceptors (Lipinski definition) is 5. The van der Waals surface area contributed by atoms with Crippen LogP contribution in [-0.4, -0.2) is 27.6 Å². The van der Waals surface area contributed by atoms with Crippen LogP contribution in [0.5, 0.6) is 0 Å². The van der Waals surface area contributed by atoms with Gasteiger partial charge >= 0.3 is 0 Å². The lowest BCUT2D eigenvalue weighted by Gasteiger charge is -2.33. The molecule has 1 aromatic rings. The van der Waals surface area contributed by atoms with Crippen molar-refractivity contribution < 1.29 is 4.79 Å². The van der Waals surface area contributed by atoms with Crippen molar-refractivity contribution in [3.8, 4) is 0 Å². The predicted molar refractivity (Wildman–Crippen MR) is 69.5 cm³/mol. The molecule has 96 valence electrons. The van der Waals surface area contributed by atoms with Crippen molar-refractivity contribution in [2.45, 2.75) is 37.6 Å². The molecule has 3 N–H and O–H groups in total. The zero-order chi connectivity index (χ0) is 11.4. The lowest BCUT2D eigenvalue weighted by atomic mass is 9.82. The molecule has 0 bridgehead atoms. The average Bonchev–Trinajstić information content (AvgIpc) is 2.80. The average molecular weight is 277 g/mol. The van der Waals surface area contributed by atoms with Gasteiger partial charge < -0.3 is 11.1 Å². The monoisotopic (exact) mass is 276 g/mol. The largest absolute Gasteiger partial charge is 0.349 e. The highest BCUT2D eigenvalue weighted by atomic mass is 35.5. The van der Waals surface area contributed by atoms with Crippen molar-refractivity contribution in [1.82, 2.24) is 14.9 Å². The molecule has 2 rings (SSSR count). The van der Waals surface area contributed by atoms with E-state index in [0.717, 1.165) is 25.7 Å². The van der Waals surface area contributed by atoms with Gasteiger partial charge in [0.05, 0.1) is 0 Å². The Kier molecular flexibility index (Phi) is 5.30. The molecule has 1 aliphatic carbocycles. The first-order valence-corrected chi connectivity index (χ1v) is 6.37. The van der Waals surface area contributed by atoms with Gasteiger partial charge in [-0.3, -0.25) is 4.79 Å². The molecule has 0 spiro atoms. The molecular formula is C10H17ClN4OS. The van der Waals surface area contributed by atoms with Crippen LogP contribution in [0.1, 0.15) is 42.6 Å². The number of amides is 1. The van der Waals surface area contributed by atoms with Crippen LogP contribution >= 0.6 is 23.9 Å². The number of carbonyl (C=O) groups is 1. The third-order valence-electron chi connectivity index (χ3n) is 3.04. The summed E-state index contributed by atoms with van der Waals surface area (Å²) in [5.41, 5.74) is 6.37. The smallest absolute Gasteiger partial charge is 0.272 e. The summed E-state index contributed by atoms with van der Waals surface area (Å²) in [6, 6.07) is 0. The topological polar surface area (TPSA) is 80.9 Å². The summed E-state index contributed by atoms with van der Waals surface area (Å²) in [7, 11) is 0. The quantitative estimate of drug-likeness (QED) is 0.873. The van der Waals surface area contributed by atoms with Gasteiger partial charge in [-0.15, -0.1) is 17.5 Å².